The fraction of sp³-hybridized carbons (Fsp3) is 0.158. The standard InChI is InChI=1S/C19H16N2O6/c1-10-7-11(2)16(14(8-10)21(24)25)20-18(22)13-9-12-5-4-6-15(26-3)17(12)27-19(13)23/h4-9H,1-3H3,(H,20,22). The van der Waals surface area contributed by atoms with Gasteiger partial charge in [-0.2, -0.15) is 0 Å². The number of carbonyl (C=O) groups excluding carboxylic acids is 1. The van der Waals surface area contributed by atoms with Crippen LogP contribution >= 0.6 is 0 Å². The van der Waals surface area contributed by atoms with Crippen molar-refractivity contribution in [3.63, 3.8) is 0 Å². The van der Waals surface area contributed by atoms with E-state index in [4.69, 9.17) is 9.15 Å². The number of nitro groups is 1. The van der Waals surface area contributed by atoms with Gasteiger partial charge in [0.2, 0.25) is 0 Å². The van der Waals surface area contributed by atoms with Crippen molar-refractivity contribution in [3.05, 3.63) is 73.6 Å². The molecule has 0 fully saturated rings. The monoisotopic (exact) mass is 368 g/mol. The van der Waals surface area contributed by atoms with E-state index in [1.807, 2.05) is 0 Å². The SMILES string of the molecule is COc1cccc2cc(C(=O)Nc3c(C)cc(C)cc3[N+](=O)[O-])c(=O)oc12. The van der Waals surface area contributed by atoms with Crippen molar-refractivity contribution in [1.29, 1.82) is 0 Å². The molecule has 8 heteroatoms. The molecule has 3 aromatic rings. The summed E-state index contributed by atoms with van der Waals surface area (Å²) in [5.41, 5.74) is 0.103. The van der Waals surface area contributed by atoms with Crippen molar-refractivity contribution in [2.24, 2.45) is 0 Å². The fourth-order valence-corrected chi connectivity index (χ4v) is 2.87. The molecule has 0 atom stereocenters. The summed E-state index contributed by atoms with van der Waals surface area (Å²) < 4.78 is 10.4. The van der Waals surface area contributed by atoms with Gasteiger partial charge in [-0.25, -0.2) is 4.79 Å². The molecule has 0 saturated carbocycles. The Hall–Kier alpha value is -3.68. The van der Waals surface area contributed by atoms with Crippen LogP contribution in [0.25, 0.3) is 11.0 Å². The number of carbonyl (C=O) groups is 1. The molecule has 0 saturated heterocycles. The molecule has 8 nitrogen and oxygen atoms in total. The highest BCUT2D eigenvalue weighted by Gasteiger charge is 2.22. The van der Waals surface area contributed by atoms with Crippen molar-refractivity contribution >= 4 is 28.3 Å². The summed E-state index contributed by atoms with van der Waals surface area (Å²) in [5, 5.41) is 14.3. The minimum Gasteiger partial charge on any atom is -0.493 e. The van der Waals surface area contributed by atoms with Crippen molar-refractivity contribution in [1.82, 2.24) is 0 Å². The van der Waals surface area contributed by atoms with Crippen molar-refractivity contribution in [2.75, 3.05) is 12.4 Å². The second kappa shape index (κ2) is 6.91. The van der Waals surface area contributed by atoms with Crippen molar-refractivity contribution in [3.8, 4) is 5.75 Å². The van der Waals surface area contributed by atoms with E-state index in [1.54, 1.807) is 38.1 Å². The Kier molecular flexibility index (Phi) is 4.64. The second-order valence-corrected chi connectivity index (χ2v) is 6.01. The van der Waals surface area contributed by atoms with E-state index in [2.05, 4.69) is 5.32 Å². The van der Waals surface area contributed by atoms with Gasteiger partial charge in [-0.1, -0.05) is 18.2 Å². The van der Waals surface area contributed by atoms with Gasteiger partial charge in [0.15, 0.2) is 11.3 Å². The molecule has 1 amide bonds. The van der Waals surface area contributed by atoms with Crippen LogP contribution in [0.5, 0.6) is 5.75 Å². The van der Waals surface area contributed by atoms with Gasteiger partial charge in [-0.05, 0) is 37.1 Å². The lowest BCUT2D eigenvalue weighted by atomic mass is 10.1. The maximum atomic E-state index is 12.6. The fourth-order valence-electron chi connectivity index (χ4n) is 2.87. The van der Waals surface area contributed by atoms with Gasteiger partial charge < -0.3 is 14.5 Å². The predicted molar refractivity (Wildman–Crippen MR) is 99.6 cm³/mol. The normalized spacial score (nSPS) is 10.6. The molecule has 2 aromatic carbocycles. The first-order valence-electron chi connectivity index (χ1n) is 7.99. The molecular formula is C19H16N2O6. The molecule has 1 aromatic heterocycles. The van der Waals surface area contributed by atoms with E-state index < -0.39 is 16.5 Å². The molecule has 0 spiro atoms. The molecule has 1 heterocycles. The number of methoxy groups -OCH3 is 1. The largest absolute Gasteiger partial charge is 0.493 e. The van der Waals surface area contributed by atoms with Gasteiger partial charge in [0.1, 0.15) is 11.3 Å². The molecule has 1 N–H and O–H groups in total. The minimum atomic E-state index is -0.864. The second-order valence-electron chi connectivity index (χ2n) is 6.01. The molecule has 0 aliphatic heterocycles. The van der Waals surface area contributed by atoms with Gasteiger partial charge in [0.05, 0.1) is 12.0 Å². The zero-order valence-electron chi connectivity index (χ0n) is 14.9. The Morgan fingerprint density at radius 3 is 2.63 bits per heavy atom. The lowest BCUT2D eigenvalue weighted by Gasteiger charge is -2.10. The summed E-state index contributed by atoms with van der Waals surface area (Å²) in [6.45, 7) is 3.36. The highest BCUT2D eigenvalue weighted by molar-refractivity contribution is 6.07. The Morgan fingerprint density at radius 1 is 1.22 bits per heavy atom. The van der Waals surface area contributed by atoms with Crippen LogP contribution in [0, 0.1) is 24.0 Å². The molecule has 0 aliphatic rings. The average molecular weight is 368 g/mol. The van der Waals surface area contributed by atoms with Crippen LogP contribution in [0.3, 0.4) is 0 Å². The number of para-hydroxylation sites is 1. The summed E-state index contributed by atoms with van der Waals surface area (Å²) in [6.07, 6.45) is 0. The summed E-state index contributed by atoms with van der Waals surface area (Å²) in [4.78, 5) is 35.6. The van der Waals surface area contributed by atoms with Crippen LogP contribution < -0.4 is 15.7 Å². The molecular weight excluding hydrogens is 352 g/mol. The van der Waals surface area contributed by atoms with Gasteiger partial charge >= 0.3 is 5.63 Å². The number of rotatable bonds is 4. The number of nitro benzene ring substituents is 1. The number of benzene rings is 2. The smallest absolute Gasteiger partial charge is 0.349 e. The van der Waals surface area contributed by atoms with Gasteiger partial charge in [0, 0.05) is 11.5 Å². The first kappa shape index (κ1) is 18.1. The maximum Gasteiger partial charge on any atom is 0.349 e. The van der Waals surface area contributed by atoms with Crippen LogP contribution in [0.15, 0.2) is 45.6 Å². The summed E-state index contributed by atoms with van der Waals surface area (Å²) in [5.74, 6) is -0.426. The number of ether oxygens (including phenoxy) is 1. The number of fused-ring (bicyclic) bond motifs is 1. The van der Waals surface area contributed by atoms with Crippen molar-refractivity contribution in [2.45, 2.75) is 13.8 Å². The molecule has 0 bridgehead atoms. The highest BCUT2D eigenvalue weighted by atomic mass is 16.6. The van der Waals surface area contributed by atoms with E-state index in [1.165, 1.54) is 19.2 Å². The molecule has 0 radical (unpaired) electrons. The zero-order chi connectivity index (χ0) is 19.7. The Balaban J connectivity index is 2.07. The highest BCUT2D eigenvalue weighted by Crippen LogP contribution is 2.30. The van der Waals surface area contributed by atoms with Gasteiger partial charge in [-0.3, -0.25) is 14.9 Å². The molecule has 0 unspecified atom stereocenters. The molecule has 0 aliphatic carbocycles. The van der Waals surface area contributed by atoms with Crippen LogP contribution in [0.1, 0.15) is 21.5 Å². The average Bonchev–Trinajstić information content (AvgIpc) is 2.62. The number of aryl methyl sites for hydroxylation is 2. The Bertz CT molecular complexity index is 1130. The number of nitrogens with one attached hydrogen (secondary N) is 1. The number of anilines is 1. The first-order valence-corrected chi connectivity index (χ1v) is 7.99. The minimum absolute atomic E-state index is 0.0424. The van der Waals surface area contributed by atoms with Crippen LogP contribution in [0.2, 0.25) is 0 Å². The summed E-state index contributed by atoms with van der Waals surface area (Å²) in [7, 11) is 1.44. The number of hydrogen-bond acceptors (Lipinski definition) is 6. The topological polar surface area (TPSA) is 112 Å². The van der Waals surface area contributed by atoms with E-state index in [0.717, 1.165) is 0 Å². The van der Waals surface area contributed by atoms with Gasteiger partial charge in [-0.15, -0.1) is 0 Å². The van der Waals surface area contributed by atoms with E-state index in [0.29, 0.717) is 22.3 Å². The third-order valence-corrected chi connectivity index (χ3v) is 4.08. The van der Waals surface area contributed by atoms with E-state index in [-0.39, 0.29) is 22.5 Å². The lowest BCUT2D eigenvalue weighted by Crippen LogP contribution is -2.21. The number of hydrogen-bond donors (Lipinski definition) is 1. The third-order valence-electron chi connectivity index (χ3n) is 4.08. The molecule has 3 rings (SSSR count). The van der Waals surface area contributed by atoms with Crippen LogP contribution in [-0.4, -0.2) is 17.9 Å². The molecule has 138 valence electrons. The van der Waals surface area contributed by atoms with Crippen LogP contribution in [0.4, 0.5) is 11.4 Å². The lowest BCUT2D eigenvalue weighted by molar-refractivity contribution is -0.384. The van der Waals surface area contributed by atoms with Gasteiger partial charge in [0.25, 0.3) is 11.6 Å². The summed E-state index contributed by atoms with van der Waals surface area (Å²) in [6, 6.07) is 9.42. The van der Waals surface area contributed by atoms with E-state index in [9.17, 15) is 19.7 Å². The van der Waals surface area contributed by atoms with Crippen molar-refractivity contribution < 1.29 is 18.9 Å². The Morgan fingerprint density at radius 2 is 1.96 bits per heavy atom. The number of amides is 1. The third kappa shape index (κ3) is 3.37. The Labute approximate surface area is 153 Å². The maximum absolute atomic E-state index is 12.6. The molecule has 27 heavy (non-hydrogen) atoms. The predicted octanol–water partition coefficient (Wildman–Crippen LogP) is 3.58. The zero-order valence-corrected chi connectivity index (χ0v) is 14.9. The van der Waals surface area contributed by atoms with Crippen LogP contribution in [-0.2, 0) is 0 Å². The van der Waals surface area contributed by atoms with E-state index >= 15 is 0 Å². The summed E-state index contributed by atoms with van der Waals surface area (Å²) >= 11 is 0. The number of nitrogens with zero attached hydrogens (tertiary/aromatic N) is 1. The first-order chi connectivity index (χ1) is 12.8. The quantitative estimate of drug-likeness (QED) is 0.428.